The Kier molecular flexibility index (Phi) is 4.09. The average molecular weight is 294 g/mol. The van der Waals surface area contributed by atoms with Crippen molar-refractivity contribution in [2.45, 2.75) is 6.92 Å². The zero-order valence-corrected chi connectivity index (χ0v) is 12.1. The molecular weight excluding hydrogens is 280 g/mol. The molecule has 0 aliphatic heterocycles. The average Bonchev–Trinajstić information content (AvgIpc) is 2.79. The molecule has 7 heteroatoms. The fraction of sp³-hybridized carbons (Fsp3) is 0.231. The van der Waals surface area contributed by atoms with Crippen LogP contribution in [0.3, 0.4) is 0 Å². The number of carboxylic acids is 1. The molecule has 0 atom stereocenters. The number of aromatic nitrogens is 1. The third-order valence-corrected chi connectivity index (χ3v) is 3.65. The van der Waals surface area contributed by atoms with Crippen LogP contribution in [0, 0.1) is 6.92 Å². The Bertz CT molecular complexity index is 617. The highest BCUT2D eigenvalue weighted by atomic mass is 32.1. The molecule has 1 heterocycles. The standard InChI is InChI=1S/C13H14N2O4S/c1-7-11(12(16)17)20-13(14-7)15-8-4-9(18-2)6-10(5-8)19-3/h4-6H,1-3H3,(H,14,15)(H,16,17). The van der Waals surface area contributed by atoms with Crippen LogP contribution in [0.1, 0.15) is 15.4 Å². The normalized spacial score (nSPS) is 10.2. The maximum Gasteiger partial charge on any atom is 0.347 e. The van der Waals surface area contributed by atoms with E-state index in [9.17, 15) is 4.79 Å². The smallest absolute Gasteiger partial charge is 0.347 e. The lowest BCUT2D eigenvalue weighted by Crippen LogP contribution is -1.94. The lowest BCUT2D eigenvalue weighted by atomic mass is 10.3. The number of hydrogen-bond acceptors (Lipinski definition) is 6. The number of anilines is 2. The zero-order chi connectivity index (χ0) is 14.7. The van der Waals surface area contributed by atoms with Crippen LogP contribution in [0.2, 0.25) is 0 Å². The highest BCUT2D eigenvalue weighted by Crippen LogP contribution is 2.30. The topological polar surface area (TPSA) is 80.7 Å². The molecule has 0 unspecified atom stereocenters. The van der Waals surface area contributed by atoms with Crippen molar-refractivity contribution in [1.82, 2.24) is 4.98 Å². The van der Waals surface area contributed by atoms with Gasteiger partial charge in [0.05, 0.1) is 19.9 Å². The van der Waals surface area contributed by atoms with Gasteiger partial charge in [-0.3, -0.25) is 0 Å². The van der Waals surface area contributed by atoms with Crippen molar-refractivity contribution in [3.8, 4) is 11.5 Å². The number of benzene rings is 1. The maximum absolute atomic E-state index is 11.0. The number of nitrogens with zero attached hydrogens (tertiary/aromatic N) is 1. The van der Waals surface area contributed by atoms with Crippen molar-refractivity contribution < 1.29 is 19.4 Å². The number of nitrogens with one attached hydrogen (secondary N) is 1. The third-order valence-electron chi connectivity index (χ3n) is 2.59. The number of rotatable bonds is 5. The van der Waals surface area contributed by atoms with Gasteiger partial charge in [0, 0.05) is 23.9 Å². The van der Waals surface area contributed by atoms with Crippen molar-refractivity contribution in [2.24, 2.45) is 0 Å². The van der Waals surface area contributed by atoms with E-state index in [0.717, 1.165) is 11.3 Å². The minimum atomic E-state index is -0.976. The largest absolute Gasteiger partial charge is 0.497 e. The van der Waals surface area contributed by atoms with Crippen LogP contribution in [-0.2, 0) is 0 Å². The summed E-state index contributed by atoms with van der Waals surface area (Å²) in [5.41, 5.74) is 1.20. The van der Waals surface area contributed by atoms with Crippen molar-refractivity contribution in [1.29, 1.82) is 0 Å². The van der Waals surface area contributed by atoms with Crippen molar-refractivity contribution in [3.05, 3.63) is 28.8 Å². The number of aromatic carboxylic acids is 1. The van der Waals surface area contributed by atoms with E-state index >= 15 is 0 Å². The van der Waals surface area contributed by atoms with Gasteiger partial charge in [0.2, 0.25) is 0 Å². The van der Waals surface area contributed by atoms with Crippen LogP contribution in [-0.4, -0.2) is 30.3 Å². The minimum Gasteiger partial charge on any atom is -0.497 e. The molecule has 0 saturated heterocycles. The molecule has 0 spiro atoms. The van der Waals surface area contributed by atoms with Crippen molar-refractivity contribution >= 4 is 28.1 Å². The summed E-state index contributed by atoms with van der Waals surface area (Å²) in [5.74, 6) is 0.299. The van der Waals surface area contributed by atoms with Gasteiger partial charge in [-0.1, -0.05) is 11.3 Å². The zero-order valence-electron chi connectivity index (χ0n) is 11.3. The quantitative estimate of drug-likeness (QED) is 0.882. The number of carboxylic acid groups (broad SMARTS) is 1. The third kappa shape index (κ3) is 3.00. The summed E-state index contributed by atoms with van der Waals surface area (Å²) >= 11 is 1.09. The fourth-order valence-corrected chi connectivity index (χ4v) is 2.48. The van der Waals surface area contributed by atoms with Gasteiger partial charge in [0.25, 0.3) is 0 Å². The molecule has 0 amide bonds. The van der Waals surface area contributed by atoms with Gasteiger partial charge in [0.15, 0.2) is 5.13 Å². The van der Waals surface area contributed by atoms with Gasteiger partial charge in [-0.05, 0) is 6.92 Å². The van der Waals surface area contributed by atoms with Crippen LogP contribution in [0.15, 0.2) is 18.2 Å². The van der Waals surface area contributed by atoms with E-state index in [1.165, 1.54) is 0 Å². The summed E-state index contributed by atoms with van der Waals surface area (Å²) in [6.45, 7) is 1.66. The van der Waals surface area contributed by atoms with E-state index in [0.29, 0.717) is 28.0 Å². The van der Waals surface area contributed by atoms with E-state index in [2.05, 4.69) is 10.3 Å². The monoisotopic (exact) mass is 294 g/mol. The number of carbonyl (C=O) groups is 1. The van der Waals surface area contributed by atoms with Crippen LogP contribution in [0.25, 0.3) is 0 Å². The molecular formula is C13H14N2O4S. The van der Waals surface area contributed by atoms with Crippen LogP contribution in [0.5, 0.6) is 11.5 Å². The Morgan fingerprint density at radius 3 is 2.30 bits per heavy atom. The molecule has 6 nitrogen and oxygen atoms in total. The lowest BCUT2D eigenvalue weighted by Gasteiger charge is -2.08. The van der Waals surface area contributed by atoms with Gasteiger partial charge < -0.3 is 19.9 Å². The molecule has 20 heavy (non-hydrogen) atoms. The molecule has 2 rings (SSSR count). The van der Waals surface area contributed by atoms with Crippen LogP contribution >= 0.6 is 11.3 Å². The highest BCUT2D eigenvalue weighted by Gasteiger charge is 2.14. The Balaban J connectivity index is 2.29. The van der Waals surface area contributed by atoms with Gasteiger partial charge in [-0.2, -0.15) is 0 Å². The van der Waals surface area contributed by atoms with Crippen molar-refractivity contribution in [3.63, 3.8) is 0 Å². The van der Waals surface area contributed by atoms with E-state index in [4.69, 9.17) is 14.6 Å². The number of aryl methyl sites for hydroxylation is 1. The maximum atomic E-state index is 11.0. The SMILES string of the molecule is COc1cc(Nc2nc(C)c(C(=O)O)s2)cc(OC)c1. The predicted octanol–water partition coefficient (Wildman–Crippen LogP) is 2.91. The summed E-state index contributed by atoms with van der Waals surface area (Å²) in [7, 11) is 3.13. The fourth-order valence-electron chi connectivity index (χ4n) is 1.65. The molecule has 1 aromatic carbocycles. The van der Waals surface area contributed by atoms with Crippen LogP contribution in [0.4, 0.5) is 10.8 Å². The number of ether oxygens (including phenoxy) is 2. The Morgan fingerprint density at radius 2 is 1.85 bits per heavy atom. The van der Waals surface area contributed by atoms with Gasteiger partial charge in [-0.15, -0.1) is 0 Å². The first kappa shape index (κ1) is 14.1. The van der Waals surface area contributed by atoms with Gasteiger partial charge in [0.1, 0.15) is 16.4 Å². The second-order valence-electron chi connectivity index (χ2n) is 3.97. The Labute approximate surface area is 120 Å². The Morgan fingerprint density at radius 1 is 1.25 bits per heavy atom. The molecule has 0 radical (unpaired) electrons. The molecule has 0 bridgehead atoms. The second-order valence-corrected chi connectivity index (χ2v) is 4.96. The van der Waals surface area contributed by atoms with Crippen molar-refractivity contribution in [2.75, 3.05) is 19.5 Å². The molecule has 2 N–H and O–H groups in total. The molecule has 0 fully saturated rings. The summed E-state index contributed by atoms with van der Waals surface area (Å²) in [5, 5.41) is 12.6. The summed E-state index contributed by atoms with van der Waals surface area (Å²) < 4.78 is 10.3. The molecule has 0 aliphatic rings. The first-order chi connectivity index (χ1) is 9.53. The van der Waals surface area contributed by atoms with E-state index < -0.39 is 5.97 Å². The summed E-state index contributed by atoms with van der Waals surface area (Å²) in [4.78, 5) is 15.4. The van der Waals surface area contributed by atoms with Gasteiger partial charge >= 0.3 is 5.97 Å². The number of hydrogen-bond donors (Lipinski definition) is 2. The van der Waals surface area contributed by atoms with E-state index in [1.54, 1.807) is 39.3 Å². The van der Waals surface area contributed by atoms with Gasteiger partial charge in [-0.25, -0.2) is 9.78 Å². The summed E-state index contributed by atoms with van der Waals surface area (Å²) in [6.07, 6.45) is 0. The number of thiazole rings is 1. The summed E-state index contributed by atoms with van der Waals surface area (Å²) in [6, 6.07) is 5.31. The minimum absolute atomic E-state index is 0.224. The molecule has 1 aromatic heterocycles. The number of methoxy groups -OCH3 is 2. The Hall–Kier alpha value is -2.28. The molecule has 0 aliphatic carbocycles. The first-order valence-corrected chi connectivity index (χ1v) is 6.56. The molecule has 106 valence electrons. The predicted molar refractivity (Wildman–Crippen MR) is 76.6 cm³/mol. The molecule has 2 aromatic rings. The van der Waals surface area contributed by atoms with E-state index in [1.807, 2.05) is 0 Å². The van der Waals surface area contributed by atoms with Crippen LogP contribution < -0.4 is 14.8 Å². The molecule has 0 saturated carbocycles. The second kappa shape index (κ2) is 5.79. The first-order valence-electron chi connectivity index (χ1n) is 5.74. The van der Waals surface area contributed by atoms with E-state index in [-0.39, 0.29) is 4.88 Å². The highest BCUT2D eigenvalue weighted by molar-refractivity contribution is 7.17. The lowest BCUT2D eigenvalue weighted by molar-refractivity contribution is 0.0701.